The molecule has 0 bridgehead atoms. The van der Waals surface area contributed by atoms with Gasteiger partial charge in [-0.3, -0.25) is 4.90 Å². The number of aliphatic hydroxyl groups is 1. The van der Waals surface area contributed by atoms with Crippen LogP contribution in [-0.4, -0.2) is 63.6 Å². The van der Waals surface area contributed by atoms with E-state index in [1.807, 2.05) is 35.2 Å². The average molecular weight is 404 g/mol. The molecule has 10 heteroatoms. The Morgan fingerprint density at radius 2 is 1.57 bits per heavy atom. The fourth-order valence-electron chi connectivity index (χ4n) is 2.80. The number of carboxylic acids is 2. The summed E-state index contributed by atoms with van der Waals surface area (Å²) in [6.07, 6.45) is -4.06. The van der Waals surface area contributed by atoms with Crippen molar-refractivity contribution in [3.05, 3.63) is 48.0 Å². The second-order valence-corrected chi connectivity index (χ2v) is 6.24. The Morgan fingerprint density at radius 1 is 1.11 bits per heavy atom. The number of alkyl halides is 3. The van der Waals surface area contributed by atoms with Crippen LogP contribution in [-0.2, 0) is 9.59 Å². The van der Waals surface area contributed by atoms with Gasteiger partial charge in [0.05, 0.1) is 0 Å². The van der Waals surface area contributed by atoms with Gasteiger partial charge in [0.2, 0.25) is 0 Å². The molecule has 1 fully saturated rings. The third-order valence-corrected chi connectivity index (χ3v) is 4.37. The summed E-state index contributed by atoms with van der Waals surface area (Å²) < 4.78 is 38.3. The first-order chi connectivity index (χ1) is 13.0. The van der Waals surface area contributed by atoms with Crippen molar-refractivity contribution in [2.45, 2.75) is 30.7 Å². The number of rotatable bonds is 5. The van der Waals surface area contributed by atoms with Crippen molar-refractivity contribution in [1.82, 2.24) is 4.90 Å². The minimum absolute atomic E-state index is 0.103. The Hall–Kier alpha value is -2.43. The van der Waals surface area contributed by atoms with E-state index in [1.165, 1.54) is 0 Å². The summed E-state index contributed by atoms with van der Waals surface area (Å²) >= 11 is 0. The number of carboxylic acid groups (broad SMARTS) is 2. The molecule has 1 saturated heterocycles. The third-order valence-electron chi connectivity index (χ3n) is 4.37. The van der Waals surface area contributed by atoms with Crippen LogP contribution in [0.2, 0.25) is 0 Å². The van der Waals surface area contributed by atoms with Gasteiger partial charge in [-0.2, -0.15) is 13.2 Å². The Bertz CT molecular complexity index is 656. The number of benzene rings is 1. The second-order valence-electron chi connectivity index (χ2n) is 6.24. The Balaban J connectivity index is 0.000000416. The van der Waals surface area contributed by atoms with Gasteiger partial charge in [-0.1, -0.05) is 30.3 Å². The van der Waals surface area contributed by atoms with E-state index in [-0.39, 0.29) is 32.0 Å². The SMILES string of the molecule is NCC(c1ccccc1)N1CCC(O)(C(F)(F)F)CC1.O=C(O)C=CC(=O)O. The molecule has 2 rings (SSSR count). The molecule has 7 nitrogen and oxygen atoms in total. The smallest absolute Gasteiger partial charge is 0.417 e. The van der Waals surface area contributed by atoms with Gasteiger partial charge < -0.3 is 21.1 Å². The van der Waals surface area contributed by atoms with Crippen LogP contribution in [0.4, 0.5) is 13.2 Å². The van der Waals surface area contributed by atoms with Gasteiger partial charge in [-0.05, 0) is 18.4 Å². The van der Waals surface area contributed by atoms with Gasteiger partial charge in [-0.15, -0.1) is 0 Å². The predicted molar refractivity (Wildman–Crippen MR) is 94.5 cm³/mol. The van der Waals surface area contributed by atoms with Crippen molar-refractivity contribution in [2.75, 3.05) is 19.6 Å². The van der Waals surface area contributed by atoms with E-state index in [0.29, 0.717) is 18.7 Å². The molecule has 1 aliphatic heterocycles. The largest absolute Gasteiger partial charge is 0.478 e. The lowest BCUT2D eigenvalue weighted by atomic mass is 9.89. The van der Waals surface area contributed by atoms with Crippen LogP contribution in [0, 0.1) is 0 Å². The van der Waals surface area contributed by atoms with Crippen molar-refractivity contribution in [2.24, 2.45) is 5.73 Å². The summed E-state index contributed by atoms with van der Waals surface area (Å²) in [5.74, 6) is -2.51. The van der Waals surface area contributed by atoms with Gasteiger partial charge in [0, 0.05) is 37.8 Å². The summed E-state index contributed by atoms with van der Waals surface area (Å²) in [4.78, 5) is 21.0. The first kappa shape index (κ1) is 23.6. The van der Waals surface area contributed by atoms with Crippen molar-refractivity contribution in [3.63, 3.8) is 0 Å². The Labute approximate surface area is 159 Å². The third kappa shape index (κ3) is 6.95. The minimum atomic E-state index is -4.57. The maximum atomic E-state index is 12.8. The first-order valence-electron chi connectivity index (χ1n) is 8.42. The zero-order valence-electron chi connectivity index (χ0n) is 15.0. The molecule has 1 unspecified atom stereocenters. The molecule has 28 heavy (non-hydrogen) atoms. The van der Waals surface area contributed by atoms with Crippen molar-refractivity contribution < 1.29 is 38.1 Å². The lowest BCUT2D eigenvalue weighted by Gasteiger charge is -2.42. The van der Waals surface area contributed by atoms with Crippen LogP contribution in [0.15, 0.2) is 42.5 Å². The molecule has 0 amide bonds. The number of carbonyl (C=O) groups is 2. The van der Waals surface area contributed by atoms with Crippen LogP contribution in [0.5, 0.6) is 0 Å². The number of piperidine rings is 1. The van der Waals surface area contributed by atoms with E-state index in [2.05, 4.69) is 0 Å². The molecule has 0 saturated carbocycles. The predicted octanol–water partition coefficient (Wildman–Crippen LogP) is 1.79. The van der Waals surface area contributed by atoms with E-state index < -0.39 is 23.7 Å². The summed E-state index contributed by atoms with van der Waals surface area (Å²) in [7, 11) is 0. The molecule has 1 heterocycles. The zero-order valence-corrected chi connectivity index (χ0v) is 15.0. The maximum absolute atomic E-state index is 12.8. The second kappa shape index (κ2) is 10.2. The van der Waals surface area contributed by atoms with Crippen LogP contribution < -0.4 is 5.73 Å². The van der Waals surface area contributed by atoms with Crippen LogP contribution >= 0.6 is 0 Å². The summed E-state index contributed by atoms with van der Waals surface area (Å²) in [5.41, 5.74) is 4.20. The van der Waals surface area contributed by atoms with Gasteiger partial charge in [0.1, 0.15) is 0 Å². The molecule has 1 aliphatic rings. The van der Waals surface area contributed by atoms with E-state index in [4.69, 9.17) is 15.9 Å². The lowest BCUT2D eigenvalue weighted by Crippen LogP contribution is -2.54. The van der Waals surface area contributed by atoms with E-state index in [0.717, 1.165) is 5.56 Å². The fourth-order valence-corrected chi connectivity index (χ4v) is 2.80. The normalized spacial score (nSPS) is 18.2. The minimum Gasteiger partial charge on any atom is -0.478 e. The zero-order chi connectivity index (χ0) is 21.4. The highest BCUT2D eigenvalue weighted by atomic mass is 19.4. The molecular weight excluding hydrogens is 381 g/mol. The molecule has 0 aromatic heterocycles. The molecular formula is C18H23F3N2O5. The monoisotopic (exact) mass is 404 g/mol. The molecule has 0 radical (unpaired) electrons. The molecule has 1 atom stereocenters. The first-order valence-corrected chi connectivity index (χ1v) is 8.42. The van der Waals surface area contributed by atoms with Gasteiger partial charge in [0.15, 0.2) is 5.60 Å². The maximum Gasteiger partial charge on any atom is 0.417 e. The number of halogens is 3. The average Bonchev–Trinajstić information content (AvgIpc) is 2.63. The summed E-state index contributed by atoms with van der Waals surface area (Å²) in [6.45, 7) is 0.716. The van der Waals surface area contributed by atoms with Crippen molar-refractivity contribution in [3.8, 4) is 0 Å². The summed E-state index contributed by atoms with van der Waals surface area (Å²) in [6, 6.07) is 9.39. The molecule has 0 spiro atoms. The van der Waals surface area contributed by atoms with E-state index in [9.17, 15) is 27.9 Å². The van der Waals surface area contributed by atoms with Gasteiger partial charge >= 0.3 is 18.1 Å². The molecule has 1 aromatic carbocycles. The fraction of sp³-hybridized carbons (Fsp3) is 0.444. The Morgan fingerprint density at radius 3 is 1.93 bits per heavy atom. The number of hydrogen-bond donors (Lipinski definition) is 4. The number of aliphatic carboxylic acids is 2. The van der Waals surface area contributed by atoms with Crippen LogP contribution in [0.1, 0.15) is 24.4 Å². The highest BCUT2D eigenvalue weighted by Gasteiger charge is 2.54. The number of nitrogens with two attached hydrogens (primary N) is 1. The van der Waals surface area contributed by atoms with Crippen LogP contribution in [0.3, 0.4) is 0 Å². The lowest BCUT2D eigenvalue weighted by molar-refractivity contribution is -0.273. The molecule has 156 valence electrons. The molecule has 1 aromatic rings. The van der Waals surface area contributed by atoms with Crippen LogP contribution in [0.25, 0.3) is 0 Å². The quantitative estimate of drug-likeness (QED) is 0.552. The van der Waals surface area contributed by atoms with E-state index in [1.54, 1.807) is 0 Å². The van der Waals surface area contributed by atoms with E-state index >= 15 is 0 Å². The topological polar surface area (TPSA) is 124 Å². The molecule has 0 aliphatic carbocycles. The number of nitrogens with zero attached hydrogens (tertiary/aromatic N) is 1. The van der Waals surface area contributed by atoms with Crippen molar-refractivity contribution in [1.29, 1.82) is 0 Å². The van der Waals surface area contributed by atoms with Gasteiger partial charge in [-0.25, -0.2) is 9.59 Å². The molecule has 5 N–H and O–H groups in total. The van der Waals surface area contributed by atoms with Crippen molar-refractivity contribution >= 4 is 11.9 Å². The van der Waals surface area contributed by atoms with Gasteiger partial charge in [0.25, 0.3) is 0 Å². The number of likely N-dealkylation sites (tertiary alicyclic amines) is 1. The number of hydrogen-bond acceptors (Lipinski definition) is 5. The summed E-state index contributed by atoms with van der Waals surface area (Å²) in [5, 5.41) is 25.3. The highest BCUT2D eigenvalue weighted by molar-refractivity contribution is 5.89. The standard InChI is InChI=1S/C14H19F3N2O.C4H4O4/c15-14(16,17)13(20)6-8-19(9-7-13)12(10-18)11-4-2-1-3-5-11;5-3(6)1-2-4(7)8/h1-5,12,20H,6-10,18H2;1-2H,(H,5,6)(H,7,8). The Kier molecular flexibility index (Phi) is 8.61. The highest BCUT2D eigenvalue weighted by Crippen LogP contribution is 2.39.